The van der Waals surface area contributed by atoms with E-state index in [9.17, 15) is 14.4 Å². The molecule has 3 aromatic carbocycles. The fourth-order valence-corrected chi connectivity index (χ4v) is 7.42. The standard InChI is InChI=1S/C36H36ClN5O4/c1-46-33-11-5-4-9-32(33)39-15-17-40(18-16-39)36(45)25-13-14-31(29(20-25)38-35(44)27-7-2-3-8-28(27)37)41-21-24-19-26(23-41)30-10-6-12-34(43)42(30)22-24/h2-14,20,24,26H,15-19,21-23H2,1H3,(H,38,44)/t24-,26+/m1/s1. The SMILES string of the molecule is COc1ccccc1N1CCN(C(=O)c2ccc(N3C[C@H]4C[C@@H](C3)c3cccc(=O)n3C4)c(NC(=O)c3ccccc3Cl)c2)CC1. The third kappa shape index (κ3) is 5.71. The van der Waals surface area contributed by atoms with E-state index in [0.717, 1.165) is 35.8 Å². The van der Waals surface area contributed by atoms with E-state index in [1.807, 2.05) is 58.0 Å². The van der Waals surface area contributed by atoms with E-state index in [2.05, 4.69) is 15.1 Å². The molecule has 10 heteroatoms. The van der Waals surface area contributed by atoms with Crippen molar-refractivity contribution in [3.8, 4) is 5.75 Å². The third-order valence-corrected chi connectivity index (χ3v) is 9.75. The minimum Gasteiger partial charge on any atom is -0.495 e. The fraction of sp³-hybridized carbons (Fsp3) is 0.306. The van der Waals surface area contributed by atoms with Gasteiger partial charge in [0.15, 0.2) is 0 Å². The second-order valence-corrected chi connectivity index (χ2v) is 12.6. The van der Waals surface area contributed by atoms with Crippen LogP contribution in [0.4, 0.5) is 17.1 Å². The second kappa shape index (κ2) is 12.6. The van der Waals surface area contributed by atoms with Gasteiger partial charge in [0, 0.05) is 69.1 Å². The zero-order valence-electron chi connectivity index (χ0n) is 25.7. The maximum Gasteiger partial charge on any atom is 0.257 e. The number of ether oxygens (including phenoxy) is 1. The molecule has 2 saturated heterocycles. The summed E-state index contributed by atoms with van der Waals surface area (Å²) in [7, 11) is 1.67. The number of pyridine rings is 1. The molecule has 4 aromatic rings. The van der Waals surface area contributed by atoms with Gasteiger partial charge in [-0.2, -0.15) is 0 Å². The Morgan fingerprint density at radius 1 is 0.826 bits per heavy atom. The highest BCUT2D eigenvalue weighted by Gasteiger charge is 2.35. The topological polar surface area (TPSA) is 87.1 Å². The number of amides is 2. The number of fused-ring (bicyclic) bond motifs is 4. The third-order valence-electron chi connectivity index (χ3n) is 9.42. The molecule has 2 amide bonds. The number of carbonyl (C=O) groups is 2. The Kier molecular flexibility index (Phi) is 8.17. The Bertz CT molecular complexity index is 1850. The molecular formula is C36H36ClN5O4. The molecule has 0 spiro atoms. The Morgan fingerprint density at radius 2 is 1.61 bits per heavy atom. The molecule has 2 fully saturated rings. The number of nitrogens with one attached hydrogen (secondary N) is 1. The number of piperazine rings is 1. The smallest absolute Gasteiger partial charge is 0.257 e. The summed E-state index contributed by atoms with van der Waals surface area (Å²) in [5.41, 5.74) is 4.40. The number of benzene rings is 3. The van der Waals surface area contributed by atoms with Gasteiger partial charge in [0.25, 0.3) is 17.4 Å². The van der Waals surface area contributed by atoms with Gasteiger partial charge >= 0.3 is 0 Å². The van der Waals surface area contributed by atoms with Gasteiger partial charge in [0.05, 0.1) is 34.8 Å². The van der Waals surface area contributed by atoms with Crippen molar-refractivity contribution in [3.05, 3.63) is 117 Å². The van der Waals surface area contributed by atoms with E-state index < -0.39 is 0 Å². The van der Waals surface area contributed by atoms with Crippen LogP contribution < -0.4 is 25.4 Å². The fourth-order valence-electron chi connectivity index (χ4n) is 7.20. The lowest BCUT2D eigenvalue weighted by atomic mass is 9.83. The summed E-state index contributed by atoms with van der Waals surface area (Å²) >= 11 is 6.39. The monoisotopic (exact) mass is 637 g/mol. The van der Waals surface area contributed by atoms with Crippen molar-refractivity contribution in [2.75, 3.05) is 61.5 Å². The summed E-state index contributed by atoms with van der Waals surface area (Å²) in [5, 5.41) is 3.44. The molecule has 9 nitrogen and oxygen atoms in total. The van der Waals surface area contributed by atoms with Gasteiger partial charge in [0.1, 0.15) is 5.75 Å². The highest BCUT2D eigenvalue weighted by molar-refractivity contribution is 6.34. The van der Waals surface area contributed by atoms with Crippen LogP contribution in [0.3, 0.4) is 0 Å². The molecule has 0 unspecified atom stereocenters. The number of methoxy groups -OCH3 is 1. The summed E-state index contributed by atoms with van der Waals surface area (Å²) < 4.78 is 7.46. The number of piperidine rings is 1. The molecule has 0 radical (unpaired) electrons. The summed E-state index contributed by atoms with van der Waals surface area (Å²) in [6.07, 6.45) is 1.01. The highest BCUT2D eigenvalue weighted by atomic mass is 35.5. The van der Waals surface area contributed by atoms with E-state index in [-0.39, 0.29) is 23.3 Å². The predicted octanol–water partition coefficient (Wildman–Crippen LogP) is 5.35. The molecule has 0 aliphatic carbocycles. The first-order valence-corrected chi connectivity index (χ1v) is 16.1. The van der Waals surface area contributed by atoms with Gasteiger partial charge in [-0.3, -0.25) is 14.4 Å². The molecule has 3 aliphatic heterocycles. The van der Waals surface area contributed by atoms with Crippen molar-refractivity contribution in [3.63, 3.8) is 0 Å². The number of nitrogens with zero attached hydrogens (tertiary/aromatic N) is 4. The van der Waals surface area contributed by atoms with Crippen LogP contribution in [0.15, 0.2) is 89.7 Å². The van der Waals surface area contributed by atoms with Crippen molar-refractivity contribution in [2.45, 2.75) is 18.9 Å². The molecule has 2 bridgehead atoms. The maximum atomic E-state index is 13.8. The van der Waals surface area contributed by atoms with Gasteiger partial charge in [-0.15, -0.1) is 0 Å². The molecule has 4 heterocycles. The van der Waals surface area contributed by atoms with Crippen molar-refractivity contribution >= 4 is 40.5 Å². The Hall–Kier alpha value is -4.76. The quantitative estimate of drug-likeness (QED) is 0.307. The summed E-state index contributed by atoms with van der Waals surface area (Å²) in [6, 6.07) is 26.0. The first kappa shape index (κ1) is 29.9. The summed E-state index contributed by atoms with van der Waals surface area (Å²) in [6.45, 7) is 4.60. The number of rotatable bonds is 6. The first-order chi connectivity index (χ1) is 22.4. The highest BCUT2D eigenvalue weighted by Crippen LogP contribution is 2.40. The molecule has 2 atom stereocenters. The van der Waals surface area contributed by atoms with Crippen LogP contribution in [0, 0.1) is 5.92 Å². The molecule has 0 saturated carbocycles. The van der Waals surface area contributed by atoms with E-state index in [0.29, 0.717) is 67.0 Å². The number of carbonyl (C=O) groups excluding carboxylic acids is 2. The van der Waals surface area contributed by atoms with Gasteiger partial charge in [0.2, 0.25) is 0 Å². The largest absolute Gasteiger partial charge is 0.495 e. The lowest BCUT2D eigenvalue weighted by Gasteiger charge is -2.44. The second-order valence-electron chi connectivity index (χ2n) is 12.2. The zero-order chi connectivity index (χ0) is 31.8. The number of hydrogen-bond donors (Lipinski definition) is 1. The van der Waals surface area contributed by atoms with Crippen molar-refractivity contribution in [1.29, 1.82) is 0 Å². The minimum absolute atomic E-state index is 0.0416. The van der Waals surface area contributed by atoms with Gasteiger partial charge in [-0.1, -0.05) is 41.9 Å². The average molecular weight is 638 g/mol. The van der Waals surface area contributed by atoms with Crippen LogP contribution >= 0.6 is 11.6 Å². The molecule has 1 aromatic heterocycles. The summed E-state index contributed by atoms with van der Waals surface area (Å²) in [5.74, 6) is 0.877. The van der Waals surface area contributed by atoms with Crippen LogP contribution in [0.25, 0.3) is 0 Å². The summed E-state index contributed by atoms with van der Waals surface area (Å²) in [4.78, 5) is 46.3. The number of anilines is 3. The zero-order valence-corrected chi connectivity index (χ0v) is 26.5. The van der Waals surface area contributed by atoms with Gasteiger partial charge in [-0.05, 0) is 60.9 Å². The maximum absolute atomic E-state index is 13.8. The Labute approximate surface area is 272 Å². The van der Waals surface area contributed by atoms with Crippen molar-refractivity contribution < 1.29 is 14.3 Å². The molecule has 1 N–H and O–H groups in total. The van der Waals surface area contributed by atoms with Gasteiger partial charge in [-0.25, -0.2) is 0 Å². The number of aromatic nitrogens is 1. The van der Waals surface area contributed by atoms with E-state index in [1.54, 1.807) is 43.5 Å². The van der Waals surface area contributed by atoms with Crippen LogP contribution in [0.5, 0.6) is 5.75 Å². The number of para-hydroxylation sites is 2. The van der Waals surface area contributed by atoms with Crippen LogP contribution in [-0.2, 0) is 6.54 Å². The van der Waals surface area contributed by atoms with E-state index in [1.165, 1.54) is 0 Å². The average Bonchev–Trinajstić information content (AvgIpc) is 3.08. The lowest BCUT2D eigenvalue weighted by molar-refractivity contribution is 0.0746. The molecular weight excluding hydrogens is 602 g/mol. The van der Waals surface area contributed by atoms with Crippen LogP contribution in [0.2, 0.25) is 5.02 Å². The molecule has 46 heavy (non-hydrogen) atoms. The lowest BCUT2D eigenvalue weighted by Crippen LogP contribution is -2.49. The van der Waals surface area contributed by atoms with Crippen molar-refractivity contribution in [1.82, 2.24) is 9.47 Å². The number of halogens is 1. The van der Waals surface area contributed by atoms with Gasteiger partial charge < -0.3 is 29.3 Å². The molecule has 7 rings (SSSR count). The Balaban J connectivity index is 1.16. The predicted molar refractivity (Wildman–Crippen MR) is 181 cm³/mol. The normalized spacial score (nSPS) is 19.0. The Morgan fingerprint density at radius 3 is 2.41 bits per heavy atom. The van der Waals surface area contributed by atoms with Crippen LogP contribution in [0.1, 0.15) is 38.7 Å². The van der Waals surface area contributed by atoms with E-state index >= 15 is 0 Å². The van der Waals surface area contributed by atoms with Crippen LogP contribution in [-0.4, -0.2) is 67.7 Å². The molecule has 3 aliphatic rings. The first-order valence-electron chi connectivity index (χ1n) is 15.7. The van der Waals surface area contributed by atoms with Crippen molar-refractivity contribution in [2.24, 2.45) is 5.92 Å². The number of hydrogen-bond acceptors (Lipinski definition) is 6. The van der Waals surface area contributed by atoms with E-state index in [4.69, 9.17) is 16.3 Å². The molecule has 236 valence electrons. The minimum atomic E-state index is -0.337.